The Morgan fingerprint density at radius 1 is 1.04 bits per heavy atom. The Bertz CT molecular complexity index is 1760. The van der Waals surface area contributed by atoms with E-state index in [-0.39, 0.29) is 65.1 Å². The van der Waals surface area contributed by atoms with Crippen LogP contribution in [-0.2, 0) is 42.7 Å². The van der Waals surface area contributed by atoms with E-state index in [1.807, 2.05) is 0 Å². The zero-order valence-electron chi connectivity index (χ0n) is 23.3. The second kappa shape index (κ2) is 11.6. The van der Waals surface area contributed by atoms with E-state index in [0.29, 0.717) is 6.07 Å². The number of carbonyl (C=O) groups is 2. The van der Waals surface area contributed by atoms with Crippen molar-refractivity contribution in [2.75, 3.05) is 18.4 Å². The van der Waals surface area contributed by atoms with E-state index in [0.717, 1.165) is 41.7 Å². The Kier molecular flexibility index (Phi) is 8.47. The van der Waals surface area contributed by atoms with E-state index in [4.69, 9.17) is 5.11 Å². The van der Waals surface area contributed by atoms with Gasteiger partial charge in [0.1, 0.15) is 10.6 Å². The van der Waals surface area contributed by atoms with Gasteiger partial charge in [0.25, 0.3) is 0 Å². The lowest BCUT2D eigenvalue weighted by Gasteiger charge is -2.43. The monoisotopic (exact) mass is 697 g/mol. The van der Waals surface area contributed by atoms with Crippen LogP contribution in [0.25, 0.3) is 0 Å². The molecule has 0 unspecified atom stereocenters. The number of thiazole rings is 1. The van der Waals surface area contributed by atoms with Crippen LogP contribution in [-0.4, -0.2) is 66.8 Å². The van der Waals surface area contributed by atoms with Gasteiger partial charge in [-0.2, -0.15) is 26.3 Å². The molecule has 1 aliphatic carbocycles. The molecule has 2 aliphatic rings. The summed E-state index contributed by atoms with van der Waals surface area (Å²) in [5, 5.41) is 12.9. The van der Waals surface area contributed by atoms with Crippen molar-refractivity contribution < 1.29 is 58.2 Å². The maximum Gasteiger partial charge on any atom is 0.435 e. The first-order valence-electron chi connectivity index (χ1n) is 13.5. The summed E-state index contributed by atoms with van der Waals surface area (Å²) in [5.41, 5.74) is -7.68. The smallest absolute Gasteiger partial charge is 0.435 e. The third kappa shape index (κ3) is 5.53. The predicted octanol–water partition coefficient (Wildman–Crippen LogP) is 5.53. The number of amides is 1. The number of sulfone groups is 1. The van der Waals surface area contributed by atoms with E-state index in [1.54, 1.807) is 0 Å². The summed E-state index contributed by atoms with van der Waals surface area (Å²) in [6.45, 7) is -0.456. The molecule has 1 aromatic heterocycles. The molecule has 46 heavy (non-hydrogen) atoms. The molecule has 2 heterocycles. The third-order valence-corrected chi connectivity index (χ3v) is 11.6. The highest BCUT2D eigenvalue weighted by Gasteiger charge is 2.73. The Balaban J connectivity index is 1.55. The summed E-state index contributed by atoms with van der Waals surface area (Å²) in [4.78, 5) is 29.0. The lowest BCUT2D eigenvalue weighted by molar-refractivity contribution is -0.348. The number of nitrogens with one attached hydrogen (secondary N) is 1. The number of carbonyl (C=O) groups excluding carboxylic acids is 1. The molecule has 2 aromatic carbocycles. The van der Waals surface area contributed by atoms with Gasteiger partial charge in [0.05, 0.1) is 23.6 Å². The fourth-order valence-corrected chi connectivity index (χ4v) is 9.40. The second-order valence-electron chi connectivity index (χ2n) is 10.9. The van der Waals surface area contributed by atoms with Crippen molar-refractivity contribution in [2.24, 2.45) is 0 Å². The first-order chi connectivity index (χ1) is 21.3. The number of carboxylic acid groups (broad SMARTS) is 1. The normalized spacial score (nSPS) is 20.7. The maximum absolute atomic E-state index is 15.0. The van der Waals surface area contributed by atoms with Crippen LogP contribution < -0.4 is 5.32 Å². The average molecular weight is 698 g/mol. The Morgan fingerprint density at radius 2 is 1.70 bits per heavy atom. The van der Waals surface area contributed by atoms with E-state index < -0.39 is 68.4 Å². The summed E-state index contributed by atoms with van der Waals surface area (Å²) in [7, 11) is -4.58. The van der Waals surface area contributed by atoms with Crippen LogP contribution in [0.15, 0.2) is 52.7 Å². The molecule has 1 fully saturated rings. The van der Waals surface area contributed by atoms with E-state index in [1.165, 1.54) is 10.3 Å². The SMILES string of the molecule is O=C(O)Cc1csc(NC(=O)CN2CC[C@@]3(S(=O)(=O)c4ccc(F)cc4)c4ccc(C(F)(C(F)(F)F)C(F)(F)F)cc4CC[C@@H]23)n1. The minimum atomic E-state index is -6.38. The number of alkyl halides is 7. The molecule has 0 radical (unpaired) electrons. The number of aliphatic carboxylic acids is 1. The fourth-order valence-electron chi connectivity index (χ4n) is 6.28. The van der Waals surface area contributed by atoms with Gasteiger partial charge >= 0.3 is 24.0 Å². The molecule has 1 amide bonds. The Hall–Kier alpha value is -3.64. The Morgan fingerprint density at radius 3 is 2.30 bits per heavy atom. The summed E-state index contributed by atoms with van der Waals surface area (Å²) in [6.07, 6.45) is -13.8. The lowest BCUT2D eigenvalue weighted by atomic mass is 9.77. The van der Waals surface area contributed by atoms with Gasteiger partial charge in [-0.1, -0.05) is 18.2 Å². The summed E-state index contributed by atoms with van der Waals surface area (Å²) in [5.74, 6) is -2.55. The maximum atomic E-state index is 15.0. The van der Waals surface area contributed by atoms with Gasteiger partial charge in [-0.3, -0.25) is 14.5 Å². The fraction of sp³-hybridized carbons (Fsp3) is 0.393. The van der Waals surface area contributed by atoms with Gasteiger partial charge in [0, 0.05) is 23.5 Å². The van der Waals surface area contributed by atoms with Crippen molar-refractivity contribution in [3.05, 3.63) is 76.0 Å². The second-order valence-corrected chi connectivity index (χ2v) is 14.0. The van der Waals surface area contributed by atoms with Crippen molar-refractivity contribution in [1.29, 1.82) is 0 Å². The highest BCUT2D eigenvalue weighted by molar-refractivity contribution is 7.92. The largest absolute Gasteiger partial charge is 0.481 e. The number of carboxylic acids is 1. The molecule has 1 saturated heterocycles. The number of nitrogens with zero attached hydrogens (tertiary/aromatic N) is 2. The molecule has 2 atom stereocenters. The van der Waals surface area contributed by atoms with Gasteiger partial charge < -0.3 is 10.4 Å². The van der Waals surface area contributed by atoms with E-state index >= 15 is 0 Å². The van der Waals surface area contributed by atoms with Gasteiger partial charge in [-0.15, -0.1) is 11.3 Å². The lowest BCUT2D eigenvalue weighted by Crippen LogP contribution is -2.53. The minimum absolute atomic E-state index is 0.0556. The summed E-state index contributed by atoms with van der Waals surface area (Å²) in [6, 6.07) is 4.11. The van der Waals surface area contributed by atoms with Gasteiger partial charge in [0.2, 0.25) is 5.91 Å². The molecule has 248 valence electrons. The number of benzene rings is 2. The van der Waals surface area contributed by atoms with Crippen LogP contribution in [0.2, 0.25) is 0 Å². The van der Waals surface area contributed by atoms with E-state index in [2.05, 4.69) is 10.3 Å². The first kappa shape index (κ1) is 33.7. The Labute approximate surface area is 260 Å². The van der Waals surface area contributed by atoms with Crippen LogP contribution in [0.4, 0.5) is 40.3 Å². The number of anilines is 1. The molecule has 3 aromatic rings. The molecule has 2 N–H and O–H groups in total. The minimum Gasteiger partial charge on any atom is -0.481 e. The van der Waals surface area contributed by atoms with Crippen molar-refractivity contribution in [3.8, 4) is 0 Å². The molecule has 5 rings (SSSR count). The predicted molar refractivity (Wildman–Crippen MR) is 147 cm³/mol. The third-order valence-electron chi connectivity index (χ3n) is 8.26. The van der Waals surface area contributed by atoms with Crippen LogP contribution in [0.5, 0.6) is 0 Å². The highest BCUT2D eigenvalue weighted by Crippen LogP contribution is 2.56. The molecule has 8 nitrogen and oxygen atoms in total. The number of hydrogen-bond donors (Lipinski definition) is 2. The molecule has 0 saturated carbocycles. The topological polar surface area (TPSA) is 117 Å². The number of fused-ring (bicyclic) bond motifs is 3. The molecule has 18 heteroatoms. The zero-order valence-corrected chi connectivity index (χ0v) is 24.9. The van der Waals surface area contributed by atoms with Gasteiger partial charge in [-0.25, -0.2) is 22.2 Å². The van der Waals surface area contributed by atoms with Crippen molar-refractivity contribution >= 4 is 38.2 Å². The van der Waals surface area contributed by atoms with Crippen molar-refractivity contribution in [2.45, 2.75) is 59.4 Å². The van der Waals surface area contributed by atoms with Crippen LogP contribution in [0, 0.1) is 5.82 Å². The number of aromatic nitrogens is 1. The van der Waals surface area contributed by atoms with Crippen LogP contribution in [0.1, 0.15) is 35.2 Å². The molecular weight excluding hydrogens is 674 g/mol. The number of aryl methyl sites for hydroxylation is 1. The molecule has 1 aliphatic heterocycles. The zero-order chi connectivity index (χ0) is 33.9. The highest BCUT2D eigenvalue weighted by atomic mass is 32.2. The summed E-state index contributed by atoms with van der Waals surface area (Å²) >= 11 is 0.958. The van der Waals surface area contributed by atoms with Crippen LogP contribution in [0.3, 0.4) is 0 Å². The number of likely N-dealkylation sites (tertiary alicyclic amines) is 1. The quantitative estimate of drug-likeness (QED) is 0.235. The van der Waals surface area contributed by atoms with Crippen molar-refractivity contribution in [1.82, 2.24) is 9.88 Å². The molecule has 0 bridgehead atoms. The molecular formula is C28H23F8N3O5S2. The average Bonchev–Trinajstić information content (AvgIpc) is 3.55. The van der Waals surface area contributed by atoms with Gasteiger partial charge in [0.15, 0.2) is 15.0 Å². The van der Waals surface area contributed by atoms with Crippen LogP contribution >= 0.6 is 11.3 Å². The molecule has 0 spiro atoms. The summed E-state index contributed by atoms with van der Waals surface area (Å²) < 4.78 is 137. The standard InChI is InChI=1S/C28H23F8N3O5S2/c29-17-3-5-19(6-4-17)46(43,44)25-9-10-39(13-22(40)38-24-37-18(14-45-24)12-23(41)42)21(25)8-1-15-11-16(2-7-20(15)25)26(30,27(31,32)33)28(34,35)36/h2-7,11,14,21H,1,8-10,12-13H2,(H,41,42)(H,37,38,40)/t21-,25-/m1/s1. The number of hydrogen-bond acceptors (Lipinski definition) is 7. The first-order valence-corrected chi connectivity index (χ1v) is 15.8. The number of rotatable bonds is 8. The number of halogens is 8. The van der Waals surface area contributed by atoms with E-state index in [9.17, 15) is 53.1 Å². The van der Waals surface area contributed by atoms with Gasteiger partial charge in [-0.05, 0) is 54.7 Å². The van der Waals surface area contributed by atoms with Crippen molar-refractivity contribution in [3.63, 3.8) is 0 Å².